The normalized spacial score (nSPS) is 48.7. The van der Waals surface area contributed by atoms with Crippen LogP contribution in [0.4, 0.5) is 0 Å². The number of Topliss-reactive ketones (excluding diaryl/α,β-unsaturated/α-hetero) is 1. The average molecular weight is 379 g/mol. The quantitative estimate of drug-likeness (QED) is 0.551. The summed E-state index contributed by atoms with van der Waals surface area (Å²) in [4.78, 5) is 25.8. The molecule has 2 bridgehead atoms. The lowest BCUT2D eigenvalue weighted by molar-refractivity contribution is -0.239. The van der Waals surface area contributed by atoms with Gasteiger partial charge >= 0.3 is 5.97 Å². The Labute approximate surface area is 162 Å². The highest BCUT2D eigenvalue weighted by Crippen LogP contribution is 2.71. The molecular formula is C22H34O5. The van der Waals surface area contributed by atoms with Gasteiger partial charge in [-0.2, -0.15) is 0 Å². The average Bonchev–Trinajstić information content (AvgIpc) is 2.66. The number of hydrogen-bond donors (Lipinski definition) is 0. The molecule has 0 aliphatic heterocycles. The Kier molecular flexibility index (Phi) is 4.70. The lowest BCUT2D eigenvalue weighted by atomic mass is 9.36. The Morgan fingerprint density at radius 1 is 1.07 bits per heavy atom. The van der Waals surface area contributed by atoms with E-state index in [0.717, 1.165) is 51.4 Å². The lowest BCUT2D eigenvalue weighted by Crippen LogP contribution is -2.67. The van der Waals surface area contributed by atoms with Crippen LogP contribution in [0.2, 0.25) is 0 Å². The Balaban J connectivity index is 1.72. The van der Waals surface area contributed by atoms with Crippen LogP contribution >= 0.6 is 0 Å². The monoisotopic (exact) mass is 378 g/mol. The molecule has 0 aromatic carbocycles. The SMILES string of the molecule is COCO[C@@H]1C(=O)[C@H]2CC[C@@]13CC[C@H]1[C@@](C)(CCC[C@@]1(C)C(=O)OC)[C@@H]3C2. The molecule has 7 atom stereocenters. The van der Waals surface area contributed by atoms with E-state index in [-0.39, 0.29) is 35.6 Å². The fourth-order valence-electron chi connectivity index (χ4n) is 7.93. The topological polar surface area (TPSA) is 61.8 Å². The minimum absolute atomic E-state index is 0.0568. The summed E-state index contributed by atoms with van der Waals surface area (Å²) in [5.41, 5.74) is -0.426. The number of fused-ring (bicyclic) bond motifs is 3. The molecule has 0 heterocycles. The molecule has 5 rings (SSSR count). The van der Waals surface area contributed by atoms with Gasteiger partial charge in [0.05, 0.1) is 12.5 Å². The number of carbonyl (C=O) groups is 2. The van der Waals surface area contributed by atoms with Gasteiger partial charge in [0.1, 0.15) is 12.9 Å². The summed E-state index contributed by atoms with van der Waals surface area (Å²) in [6.45, 7) is 4.68. The van der Waals surface area contributed by atoms with Crippen LogP contribution in [0.15, 0.2) is 0 Å². The van der Waals surface area contributed by atoms with E-state index in [1.807, 2.05) is 0 Å². The van der Waals surface area contributed by atoms with E-state index in [1.165, 1.54) is 7.11 Å². The summed E-state index contributed by atoms with van der Waals surface area (Å²) in [6, 6.07) is 0. The zero-order chi connectivity index (χ0) is 19.4. The van der Waals surface area contributed by atoms with Crippen molar-refractivity contribution in [3.05, 3.63) is 0 Å². The largest absolute Gasteiger partial charge is 0.469 e. The zero-order valence-corrected chi connectivity index (χ0v) is 17.2. The first kappa shape index (κ1) is 19.4. The highest BCUT2D eigenvalue weighted by molar-refractivity contribution is 5.88. The van der Waals surface area contributed by atoms with Crippen molar-refractivity contribution in [1.82, 2.24) is 0 Å². The van der Waals surface area contributed by atoms with Crippen molar-refractivity contribution < 1.29 is 23.8 Å². The van der Waals surface area contributed by atoms with E-state index >= 15 is 0 Å². The Hall–Kier alpha value is -0.940. The molecule has 1 spiro atoms. The molecule has 5 aliphatic rings. The van der Waals surface area contributed by atoms with Crippen LogP contribution in [0.25, 0.3) is 0 Å². The molecule has 5 nitrogen and oxygen atoms in total. The molecule has 0 saturated heterocycles. The molecule has 0 aromatic rings. The van der Waals surface area contributed by atoms with E-state index < -0.39 is 5.41 Å². The second kappa shape index (κ2) is 6.55. The van der Waals surface area contributed by atoms with Gasteiger partial charge in [-0.3, -0.25) is 9.59 Å². The smallest absolute Gasteiger partial charge is 0.311 e. The molecule has 5 heteroatoms. The summed E-state index contributed by atoms with van der Waals surface area (Å²) in [7, 11) is 3.13. The first-order chi connectivity index (χ1) is 12.8. The van der Waals surface area contributed by atoms with E-state index in [1.54, 1.807) is 7.11 Å². The molecule has 152 valence electrons. The Morgan fingerprint density at radius 3 is 2.52 bits per heavy atom. The first-order valence-corrected chi connectivity index (χ1v) is 10.6. The number of ketones is 1. The van der Waals surface area contributed by atoms with Crippen molar-refractivity contribution in [2.24, 2.45) is 34.0 Å². The maximum absolute atomic E-state index is 13.0. The molecule has 5 fully saturated rings. The third-order valence-electron chi connectivity index (χ3n) is 9.03. The van der Waals surface area contributed by atoms with Gasteiger partial charge in [-0.15, -0.1) is 0 Å². The van der Waals surface area contributed by atoms with Crippen molar-refractivity contribution in [2.75, 3.05) is 21.0 Å². The Morgan fingerprint density at radius 2 is 1.81 bits per heavy atom. The van der Waals surface area contributed by atoms with Gasteiger partial charge in [0.2, 0.25) is 0 Å². The molecule has 0 N–H and O–H groups in total. The van der Waals surface area contributed by atoms with Gasteiger partial charge in [-0.25, -0.2) is 0 Å². The number of esters is 1. The van der Waals surface area contributed by atoms with Crippen molar-refractivity contribution >= 4 is 11.8 Å². The van der Waals surface area contributed by atoms with Gasteiger partial charge in [0.25, 0.3) is 0 Å². The van der Waals surface area contributed by atoms with Gasteiger partial charge in [-0.1, -0.05) is 13.3 Å². The predicted molar refractivity (Wildman–Crippen MR) is 99.8 cm³/mol. The third-order valence-corrected chi connectivity index (χ3v) is 9.03. The maximum atomic E-state index is 13.0. The molecule has 0 aromatic heterocycles. The van der Waals surface area contributed by atoms with Gasteiger partial charge in [0.15, 0.2) is 5.78 Å². The van der Waals surface area contributed by atoms with Crippen molar-refractivity contribution in [3.63, 3.8) is 0 Å². The van der Waals surface area contributed by atoms with Crippen LogP contribution < -0.4 is 0 Å². The fourth-order valence-corrected chi connectivity index (χ4v) is 7.93. The van der Waals surface area contributed by atoms with Crippen LogP contribution in [-0.4, -0.2) is 38.9 Å². The number of carbonyl (C=O) groups excluding carboxylic acids is 2. The minimum Gasteiger partial charge on any atom is -0.469 e. The van der Waals surface area contributed by atoms with E-state index in [0.29, 0.717) is 17.6 Å². The fraction of sp³-hybridized carbons (Fsp3) is 0.909. The first-order valence-electron chi connectivity index (χ1n) is 10.6. The standard InChI is InChI=1S/C22H34O5/c1-20-8-5-9-21(2,19(24)26-4)15(20)7-11-22-10-6-14(12-16(20)22)17(23)18(22)27-13-25-3/h14-16,18H,5-13H2,1-4H3/t14-,15-,16-,18+,20+,21+,22-/m0/s1. The third kappa shape index (κ3) is 2.50. The van der Waals surface area contributed by atoms with Crippen molar-refractivity contribution in [1.29, 1.82) is 0 Å². The lowest BCUT2D eigenvalue weighted by Gasteiger charge is -2.68. The summed E-state index contributed by atoms with van der Waals surface area (Å²) in [6.07, 6.45) is 7.74. The molecule has 5 saturated carbocycles. The highest BCUT2D eigenvalue weighted by atomic mass is 16.7. The summed E-state index contributed by atoms with van der Waals surface area (Å²) >= 11 is 0. The van der Waals surface area contributed by atoms with Crippen LogP contribution in [0.1, 0.15) is 65.2 Å². The van der Waals surface area contributed by atoms with E-state index in [2.05, 4.69) is 13.8 Å². The maximum Gasteiger partial charge on any atom is 0.311 e. The van der Waals surface area contributed by atoms with Gasteiger partial charge in [0, 0.05) is 18.4 Å². The van der Waals surface area contributed by atoms with E-state index in [9.17, 15) is 9.59 Å². The molecule has 0 amide bonds. The van der Waals surface area contributed by atoms with Crippen LogP contribution in [-0.2, 0) is 23.8 Å². The summed E-state index contributed by atoms with van der Waals surface area (Å²) in [5, 5.41) is 0. The second-order valence-electron chi connectivity index (χ2n) is 9.97. The van der Waals surface area contributed by atoms with Crippen LogP contribution in [0.5, 0.6) is 0 Å². The number of methoxy groups -OCH3 is 2. The molecule has 27 heavy (non-hydrogen) atoms. The van der Waals surface area contributed by atoms with Crippen LogP contribution in [0.3, 0.4) is 0 Å². The second-order valence-corrected chi connectivity index (χ2v) is 9.97. The summed E-state index contributed by atoms with van der Waals surface area (Å²) in [5.74, 6) is 1.10. The molecular weight excluding hydrogens is 344 g/mol. The molecule has 0 radical (unpaired) electrons. The summed E-state index contributed by atoms with van der Waals surface area (Å²) < 4.78 is 16.4. The van der Waals surface area contributed by atoms with Crippen LogP contribution in [0, 0.1) is 34.0 Å². The van der Waals surface area contributed by atoms with E-state index in [4.69, 9.17) is 14.2 Å². The predicted octanol–water partition coefficient (Wildman–Crippen LogP) is 3.74. The van der Waals surface area contributed by atoms with Crippen molar-refractivity contribution in [2.45, 2.75) is 71.3 Å². The van der Waals surface area contributed by atoms with Crippen molar-refractivity contribution in [3.8, 4) is 0 Å². The number of rotatable bonds is 4. The number of hydrogen-bond acceptors (Lipinski definition) is 5. The zero-order valence-electron chi connectivity index (χ0n) is 17.2. The Bertz CT molecular complexity index is 632. The van der Waals surface area contributed by atoms with Gasteiger partial charge < -0.3 is 14.2 Å². The minimum atomic E-state index is -0.410. The number of ether oxygens (including phenoxy) is 3. The highest BCUT2D eigenvalue weighted by Gasteiger charge is 2.69. The van der Waals surface area contributed by atoms with Gasteiger partial charge in [-0.05, 0) is 69.1 Å². The molecule has 5 aliphatic carbocycles. The molecule has 0 unspecified atom stereocenters.